The Labute approximate surface area is 79.3 Å². The van der Waals surface area contributed by atoms with E-state index in [2.05, 4.69) is 43.3 Å². The monoisotopic (exact) mass is 170 g/mol. The topological polar surface area (TPSA) is 0 Å². The van der Waals surface area contributed by atoms with Crippen LogP contribution >= 0.6 is 0 Å². The van der Waals surface area contributed by atoms with Crippen molar-refractivity contribution in [2.24, 2.45) is 11.8 Å². The Kier molecular flexibility index (Phi) is 1.40. The second kappa shape index (κ2) is 2.47. The van der Waals surface area contributed by atoms with E-state index in [1.165, 1.54) is 12.0 Å². The van der Waals surface area contributed by atoms with Crippen molar-refractivity contribution in [2.45, 2.75) is 19.3 Å². The summed E-state index contributed by atoms with van der Waals surface area (Å²) in [6.45, 7) is 2.36. The maximum absolute atomic E-state index is 2.40. The molecule has 66 valence electrons. The summed E-state index contributed by atoms with van der Waals surface area (Å²) >= 11 is 0. The van der Waals surface area contributed by atoms with Gasteiger partial charge in [0, 0.05) is 0 Å². The molecule has 0 nitrogen and oxygen atoms in total. The first kappa shape index (κ1) is 7.37. The molecule has 0 amide bonds. The molecule has 0 heterocycles. The summed E-state index contributed by atoms with van der Waals surface area (Å²) in [7, 11) is 0. The quantitative estimate of drug-likeness (QED) is 0.559. The van der Waals surface area contributed by atoms with Gasteiger partial charge >= 0.3 is 0 Å². The fourth-order valence-electron chi connectivity index (χ4n) is 2.79. The first-order valence-electron chi connectivity index (χ1n) is 5.13. The fraction of sp³-hybridized carbons (Fsp3) is 0.385. The maximum Gasteiger partial charge on any atom is -0.00877 e. The molecule has 0 unspecified atom stereocenters. The van der Waals surface area contributed by atoms with Gasteiger partial charge in [-0.05, 0) is 35.3 Å². The molecule has 0 aliphatic heterocycles. The average Bonchev–Trinajstić information content (AvgIpc) is 2.16. The van der Waals surface area contributed by atoms with E-state index in [-0.39, 0.29) is 0 Å². The number of fused-ring (bicyclic) bond motifs is 3. The van der Waals surface area contributed by atoms with Gasteiger partial charge < -0.3 is 0 Å². The maximum atomic E-state index is 2.40. The molecule has 2 aliphatic carbocycles. The molecule has 0 bridgehead atoms. The number of hydrogen-bond donors (Lipinski definition) is 0. The first-order chi connectivity index (χ1) is 6.36. The van der Waals surface area contributed by atoms with Crippen LogP contribution in [0.2, 0.25) is 0 Å². The second-order valence-corrected chi connectivity index (χ2v) is 4.38. The normalized spacial score (nSPS) is 34.7. The van der Waals surface area contributed by atoms with Crippen LogP contribution in [0.5, 0.6) is 0 Å². The lowest BCUT2D eigenvalue weighted by Gasteiger charge is -2.44. The van der Waals surface area contributed by atoms with Crippen molar-refractivity contribution in [3.63, 3.8) is 0 Å². The van der Waals surface area contributed by atoms with Gasteiger partial charge in [-0.3, -0.25) is 0 Å². The first-order valence-corrected chi connectivity index (χ1v) is 5.13. The molecule has 3 rings (SSSR count). The Bertz CT molecular complexity index is 362. The summed E-state index contributed by atoms with van der Waals surface area (Å²) in [5.74, 6) is 2.56. The van der Waals surface area contributed by atoms with Crippen LogP contribution in [0.4, 0.5) is 0 Å². The number of hydrogen-bond acceptors (Lipinski definition) is 0. The van der Waals surface area contributed by atoms with Crippen LogP contribution in [0.1, 0.15) is 30.4 Å². The van der Waals surface area contributed by atoms with Crippen molar-refractivity contribution in [1.29, 1.82) is 0 Å². The third-order valence-electron chi connectivity index (χ3n) is 3.64. The zero-order chi connectivity index (χ0) is 8.84. The largest absolute Gasteiger partial charge is 0.0799 e. The summed E-state index contributed by atoms with van der Waals surface area (Å²) in [6.07, 6.45) is 6.08. The van der Waals surface area contributed by atoms with Crippen molar-refractivity contribution in [1.82, 2.24) is 0 Å². The van der Waals surface area contributed by atoms with Crippen molar-refractivity contribution in [3.8, 4) is 0 Å². The van der Waals surface area contributed by atoms with Crippen molar-refractivity contribution in [3.05, 3.63) is 41.5 Å². The Morgan fingerprint density at radius 1 is 1.23 bits per heavy atom. The molecule has 0 radical (unpaired) electrons. The van der Waals surface area contributed by atoms with Crippen LogP contribution in [0.25, 0.3) is 6.08 Å². The smallest absolute Gasteiger partial charge is 0.00877 e. The zero-order valence-corrected chi connectivity index (χ0v) is 7.90. The van der Waals surface area contributed by atoms with E-state index in [1.54, 1.807) is 5.56 Å². The van der Waals surface area contributed by atoms with Gasteiger partial charge in [-0.25, -0.2) is 0 Å². The third-order valence-corrected chi connectivity index (χ3v) is 3.64. The van der Waals surface area contributed by atoms with Crippen LogP contribution in [0, 0.1) is 11.8 Å². The van der Waals surface area contributed by atoms with Crippen molar-refractivity contribution in [2.75, 3.05) is 0 Å². The van der Waals surface area contributed by atoms with E-state index >= 15 is 0 Å². The second-order valence-electron chi connectivity index (χ2n) is 4.38. The molecular formula is C13H14. The Balaban J connectivity index is 2.08. The molecule has 13 heavy (non-hydrogen) atoms. The van der Waals surface area contributed by atoms with Crippen LogP contribution < -0.4 is 0 Å². The van der Waals surface area contributed by atoms with E-state index in [9.17, 15) is 0 Å². The molecule has 0 spiro atoms. The minimum absolute atomic E-state index is 0.829. The zero-order valence-electron chi connectivity index (χ0n) is 7.90. The summed E-state index contributed by atoms with van der Waals surface area (Å²) < 4.78 is 0. The van der Waals surface area contributed by atoms with Gasteiger partial charge in [0.15, 0.2) is 0 Å². The molecule has 0 saturated heterocycles. The van der Waals surface area contributed by atoms with E-state index in [4.69, 9.17) is 0 Å². The van der Waals surface area contributed by atoms with Gasteiger partial charge in [-0.1, -0.05) is 43.3 Å². The van der Waals surface area contributed by atoms with Gasteiger partial charge in [0.2, 0.25) is 0 Å². The number of benzene rings is 1. The molecule has 0 heteroatoms. The van der Waals surface area contributed by atoms with Crippen LogP contribution in [0.15, 0.2) is 30.3 Å². The standard InChI is InChI=1S/C13H14/c1-9-8-13-11(9)7-6-10-4-2-3-5-12(10)13/h2-7,9,11,13H,8H2,1H3/t9-,11-,13+/m1/s1. The number of allylic oxidation sites excluding steroid dienone is 1. The summed E-state index contributed by atoms with van der Waals surface area (Å²) in [5, 5.41) is 0. The molecule has 1 fully saturated rings. The molecule has 3 atom stereocenters. The third kappa shape index (κ3) is 0.918. The van der Waals surface area contributed by atoms with Crippen LogP contribution in [-0.2, 0) is 0 Å². The molecule has 1 saturated carbocycles. The van der Waals surface area contributed by atoms with E-state index in [0.717, 1.165) is 17.8 Å². The Morgan fingerprint density at radius 2 is 2.08 bits per heavy atom. The lowest BCUT2D eigenvalue weighted by atomic mass is 9.60. The van der Waals surface area contributed by atoms with Crippen molar-refractivity contribution >= 4 is 6.08 Å². The van der Waals surface area contributed by atoms with Gasteiger partial charge in [0.1, 0.15) is 0 Å². The Morgan fingerprint density at radius 3 is 2.92 bits per heavy atom. The molecule has 2 aliphatic rings. The summed E-state index contributed by atoms with van der Waals surface area (Å²) in [6, 6.07) is 8.82. The van der Waals surface area contributed by atoms with Crippen LogP contribution in [0.3, 0.4) is 0 Å². The van der Waals surface area contributed by atoms with Gasteiger partial charge in [0.25, 0.3) is 0 Å². The van der Waals surface area contributed by atoms with Crippen LogP contribution in [-0.4, -0.2) is 0 Å². The SMILES string of the molecule is C[C@@H]1C[C@@H]2c3ccccc3C=C[C@H]12. The summed E-state index contributed by atoms with van der Waals surface area (Å²) in [4.78, 5) is 0. The van der Waals surface area contributed by atoms with E-state index in [0.29, 0.717) is 0 Å². The molecule has 1 aromatic carbocycles. The Hall–Kier alpha value is -1.04. The van der Waals surface area contributed by atoms with Gasteiger partial charge in [-0.15, -0.1) is 0 Å². The predicted molar refractivity (Wildman–Crippen MR) is 55.5 cm³/mol. The molecule has 1 aromatic rings. The highest BCUT2D eigenvalue weighted by Gasteiger charge is 2.39. The lowest BCUT2D eigenvalue weighted by molar-refractivity contribution is 0.197. The highest BCUT2D eigenvalue weighted by Crippen LogP contribution is 2.51. The minimum atomic E-state index is 0.829. The van der Waals surface area contributed by atoms with Gasteiger partial charge in [-0.2, -0.15) is 0 Å². The molecular weight excluding hydrogens is 156 g/mol. The summed E-state index contributed by atoms with van der Waals surface area (Å²) in [5.41, 5.74) is 3.02. The van der Waals surface area contributed by atoms with E-state index < -0.39 is 0 Å². The minimum Gasteiger partial charge on any atom is -0.0799 e. The van der Waals surface area contributed by atoms with Gasteiger partial charge in [0.05, 0.1) is 0 Å². The van der Waals surface area contributed by atoms with E-state index in [1.807, 2.05) is 0 Å². The molecule has 0 N–H and O–H groups in total. The predicted octanol–water partition coefficient (Wildman–Crippen LogP) is 3.45. The number of rotatable bonds is 0. The highest BCUT2D eigenvalue weighted by atomic mass is 14.4. The fourth-order valence-corrected chi connectivity index (χ4v) is 2.79. The molecule has 0 aromatic heterocycles. The average molecular weight is 170 g/mol. The van der Waals surface area contributed by atoms with Crippen molar-refractivity contribution < 1.29 is 0 Å². The lowest BCUT2D eigenvalue weighted by Crippen LogP contribution is -2.33. The highest BCUT2D eigenvalue weighted by molar-refractivity contribution is 5.59.